The number of likely N-dealkylation sites (tertiary alicyclic amines) is 1. The predicted octanol–water partition coefficient (Wildman–Crippen LogP) is 2.33. The Balaban J connectivity index is 2.09. The number of carboxylic acid groups (broad SMARTS) is 1. The summed E-state index contributed by atoms with van der Waals surface area (Å²) in [6, 6.07) is 7.61. The van der Waals surface area contributed by atoms with Gasteiger partial charge in [-0.25, -0.2) is 9.79 Å². The number of benzene rings is 1. The van der Waals surface area contributed by atoms with Gasteiger partial charge in [0.1, 0.15) is 6.07 Å². The number of aliphatic imine (C=N–C) groups is 1. The van der Waals surface area contributed by atoms with E-state index in [1.54, 1.807) is 23.4 Å². The van der Waals surface area contributed by atoms with Crippen molar-refractivity contribution in [2.45, 2.75) is 18.9 Å². The van der Waals surface area contributed by atoms with Gasteiger partial charge in [-0.3, -0.25) is 0 Å². The van der Waals surface area contributed by atoms with Crippen LogP contribution in [0, 0.1) is 11.3 Å². The molecule has 1 aliphatic heterocycles. The molecule has 1 saturated heterocycles. The molecule has 7 nitrogen and oxygen atoms in total. The van der Waals surface area contributed by atoms with E-state index in [1.807, 2.05) is 20.2 Å². The van der Waals surface area contributed by atoms with Crippen LogP contribution >= 0.6 is 0 Å². The summed E-state index contributed by atoms with van der Waals surface area (Å²) in [6.45, 7) is 1.03. The van der Waals surface area contributed by atoms with Crippen LogP contribution in [0.4, 0.5) is 16.2 Å². The first-order valence-electron chi connectivity index (χ1n) is 7.49. The van der Waals surface area contributed by atoms with Gasteiger partial charge in [0.25, 0.3) is 0 Å². The van der Waals surface area contributed by atoms with E-state index in [-0.39, 0.29) is 6.04 Å². The van der Waals surface area contributed by atoms with E-state index in [2.05, 4.69) is 16.4 Å². The van der Waals surface area contributed by atoms with Crippen LogP contribution in [0.25, 0.3) is 0 Å². The standard InChI is InChI=1S/C16H21N5O2/c1-20(2)11-18-15-6-5-13(8-12(15)9-17)19-14-4-3-7-21(10-14)16(22)23/h5-6,8,11,14,19H,3-4,7,10H2,1-2H3,(H,22,23). The summed E-state index contributed by atoms with van der Waals surface area (Å²) in [5, 5.41) is 21.7. The lowest BCUT2D eigenvalue weighted by Crippen LogP contribution is -2.44. The lowest BCUT2D eigenvalue weighted by molar-refractivity contribution is 0.133. The molecular weight excluding hydrogens is 294 g/mol. The first-order chi connectivity index (χ1) is 11.0. The van der Waals surface area contributed by atoms with Crippen LogP contribution in [0.15, 0.2) is 23.2 Å². The SMILES string of the molecule is CN(C)C=Nc1ccc(NC2CCCN(C(=O)O)C2)cc1C#N. The van der Waals surface area contributed by atoms with E-state index in [0.717, 1.165) is 18.5 Å². The zero-order valence-electron chi connectivity index (χ0n) is 13.4. The van der Waals surface area contributed by atoms with Gasteiger partial charge in [-0.05, 0) is 31.0 Å². The molecule has 0 aromatic heterocycles. The number of nitrogens with one attached hydrogen (secondary N) is 1. The highest BCUT2D eigenvalue weighted by molar-refractivity contribution is 5.68. The van der Waals surface area contributed by atoms with Gasteiger partial charge < -0.3 is 20.2 Å². The molecule has 1 heterocycles. The minimum atomic E-state index is -0.886. The molecule has 7 heteroatoms. The molecule has 2 rings (SSSR count). The maximum Gasteiger partial charge on any atom is 0.407 e. The Hall–Kier alpha value is -2.75. The molecule has 1 aromatic rings. The van der Waals surface area contributed by atoms with Gasteiger partial charge in [0, 0.05) is 38.9 Å². The van der Waals surface area contributed by atoms with Gasteiger partial charge in [0.2, 0.25) is 0 Å². The third-order valence-corrected chi connectivity index (χ3v) is 3.61. The highest BCUT2D eigenvalue weighted by Gasteiger charge is 2.23. The van der Waals surface area contributed by atoms with Crippen LogP contribution in [-0.4, -0.2) is 60.6 Å². The topological polar surface area (TPSA) is 92.0 Å². The summed E-state index contributed by atoms with van der Waals surface area (Å²) in [6.07, 6.45) is 2.50. The zero-order chi connectivity index (χ0) is 16.8. The Morgan fingerprint density at radius 3 is 3.00 bits per heavy atom. The van der Waals surface area contributed by atoms with Crippen LogP contribution < -0.4 is 5.32 Å². The van der Waals surface area contributed by atoms with Gasteiger partial charge in [-0.15, -0.1) is 0 Å². The maximum absolute atomic E-state index is 11.1. The Bertz CT molecular complexity index is 636. The maximum atomic E-state index is 11.1. The Morgan fingerprint density at radius 1 is 1.57 bits per heavy atom. The molecule has 1 unspecified atom stereocenters. The average molecular weight is 315 g/mol. The number of amides is 1. The number of piperidine rings is 1. The summed E-state index contributed by atoms with van der Waals surface area (Å²) >= 11 is 0. The number of nitrogens with zero attached hydrogens (tertiary/aromatic N) is 4. The second-order valence-electron chi connectivity index (χ2n) is 5.76. The molecule has 1 atom stereocenters. The third kappa shape index (κ3) is 4.61. The number of nitriles is 1. The molecule has 1 fully saturated rings. The lowest BCUT2D eigenvalue weighted by Gasteiger charge is -2.31. The Morgan fingerprint density at radius 2 is 2.35 bits per heavy atom. The van der Waals surface area contributed by atoms with Crippen molar-refractivity contribution < 1.29 is 9.90 Å². The van der Waals surface area contributed by atoms with Gasteiger partial charge >= 0.3 is 6.09 Å². The van der Waals surface area contributed by atoms with Gasteiger partial charge in [0.15, 0.2) is 0 Å². The molecular formula is C16H21N5O2. The monoisotopic (exact) mass is 315 g/mol. The summed E-state index contributed by atoms with van der Waals surface area (Å²) in [5.74, 6) is 0. The smallest absolute Gasteiger partial charge is 0.407 e. The largest absolute Gasteiger partial charge is 0.465 e. The normalized spacial score (nSPS) is 17.8. The molecule has 0 spiro atoms. The molecule has 2 N–H and O–H groups in total. The van der Waals surface area contributed by atoms with E-state index in [9.17, 15) is 10.1 Å². The highest BCUT2D eigenvalue weighted by Crippen LogP contribution is 2.24. The molecule has 0 bridgehead atoms. The second-order valence-corrected chi connectivity index (χ2v) is 5.76. The average Bonchev–Trinajstić information content (AvgIpc) is 2.53. The van der Waals surface area contributed by atoms with Crippen molar-refractivity contribution in [3.05, 3.63) is 23.8 Å². The van der Waals surface area contributed by atoms with Crippen molar-refractivity contribution in [2.24, 2.45) is 4.99 Å². The van der Waals surface area contributed by atoms with Crippen LogP contribution in [-0.2, 0) is 0 Å². The minimum absolute atomic E-state index is 0.0579. The van der Waals surface area contributed by atoms with Crippen LogP contribution in [0.2, 0.25) is 0 Å². The van der Waals surface area contributed by atoms with Crippen molar-refractivity contribution in [1.29, 1.82) is 5.26 Å². The fourth-order valence-electron chi connectivity index (χ4n) is 2.51. The molecule has 122 valence electrons. The van der Waals surface area contributed by atoms with E-state index in [0.29, 0.717) is 24.3 Å². The van der Waals surface area contributed by atoms with Crippen LogP contribution in [0.3, 0.4) is 0 Å². The zero-order valence-corrected chi connectivity index (χ0v) is 13.4. The van der Waals surface area contributed by atoms with Crippen LogP contribution in [0.5, 0.6) is 0 Å². The molecule has 1 aromatic carbocycles. The second kappa shape index (κ2) is 7.49. The van der Waals surface area contributed by atoms with Gasteiger partial charge in [0.05, 0.1) is 17.6 Å². The number of anilines is 1. The summed E-state index contributed by atoms with van der Waals surface area (Å²) < 4.78 is 0. The number of carbonyl (C=O) groups is 1. The quantitative estimate of drug-likeness (QED) is 0.657. The van der Waals surface area contributed by atoms with Crippen molar-refractivity contribution in [3.63, 3.8) is 0 Å². The van der Waals surface area contributed by atoms with Crippen molar-refractivity contribution in [1.82, 2.24) is 9.80 Å². The highest BCUT2D eigenvalue weighted by atomic mass is 16.4. The molecule has 0 aliphatic carbocycles. The Kier molecular flexibility index (Phi) is 5.41. The van der Waals surface area contributed by atoms with Crippen molar-refractivity contribution in [2.75, 3.05) is 32.5 Å². The van der Waals surface area contributed by atoms with E-state index < -0.39 is 6.09 Å². The molecule has 0 radical (unpaired) electrons. The Labute approximate surface area is 135 Å². The van der Waals surface area contributed by atoms with Crippen LogP contribution in [0.1, 0.15) is 18.4 Å². The molecule has 1 aliphatic rings. The fraction of sp³-hybridized carbons (Fsp3) is 0.438. The summed E-state index contributed by atoms with van der Waals surface area (Å²) in [4.78, 5) is 18.5. The number of hydrogen-bond donors (Lipinski definition) is 2. The third-order valence-electron chi connectivity index (χ3n) is 3.61. The fourth-order valence-corrected chi connectivity index (χ4v) is 2.51. The number of hydrogen-bond acceptors (Lipinski definition) is 4. The van der Waals surface area contributed by atoms with E-state index >= 15 is 0 Å². The molecule has 1 amide bonds. The summed E-state index contributed by atoms with van der Waals surface area (Å²) in [5.41, 5.74) is 1.91. The number of rotatable bonds is 4. The van der Waals surface area contributed by atoms with Gasteiger partial charge in [-0.2, -0.15) is 5.26 Å². The van der Waals surface area contributed by atoms with E-state index in [4.69, 9.17) is 5.11 Å². The lowest BCUT2D eigenvalue weighted by atomic mass is 10.1. The molecule has 0 saturated carbocycles. The van der Waals surface area contributed by atoms with Crippen molar-refractivity contribution >= 4 is 23.8 Å². The van der Waals surface area contributed by atoms with Crippen molar-refractivity contribution in [3.8, 4) is 6.07 Å². The van der Waals surface area contributed by atoms with Gasteiger partial charge in [-0.1, -0.05) is 0 Å². The summed E-state index contributed by atoms with van der Waals surface area (Å²) in [7, 11) is 3.73. The predicted molar refractivity (Wildman–Crippen MR) is 89.2 cm³/mol. The minimum Gasteiger partial charge on any atom is -0.465 e. The molecule has 23 heavy (non-hydrogen) atoms. The first kappa shape index (κ1) is 16.6. The first-order valence-corrected chi connectivity index (χ1v) is 7.49. The van der Waals surface area contributed by atoms with E-state index in [1.165, 1.54) is 4.90 Å².